The van der Waals surface area contributed by atoms with Gasteiger partial charge in [-0.15, -0.1) is 0 Å². The lowest BCUT2D eigenvalue weighted by Crippen LogP contribution is -2.17. The summed E-state index contributed by atoms with van der Waals surface area (Å²) in [7, 11) is 1.38. The monoisotopic (exact) mass is 524 g/mol. The van der Waals surface area contributed by atoms with Crippen LogP contribution in [0.5, 0.6) is 0 Å². The third kappa shape index (κ3) is 4.89. The number of fused-ring (bicyclic) bond motifs is 1. The molecule has 0 spiro atoms. The average Bonchev–Trinajstić information content (AvgIpc) is 3.60. The fraction of sp³-hybridized carbons (Fsp3) is 0.107. The highest BCUT2D eigenvalue weighted by molar-refractivity contribution is 7.80. The number of aryl methyl sites for hydroxylation is 1. The van der Waals surface area contributed by atoms with Crippen LogP contribution in [-0.2, 0) is 16.1 Å². The molecule has 3 aromatic carbocycles. The van der Waals surface area contributed by atoms with Crippen LogP contribution in [0.1, 0.15) is 27.3 Å². The first-order valence-electron chi connectivity index (χ1n) is 11.7. The van der Waals surface area contributed by atoms with Crippen molar-refractivity contribution in [1.82, 2.24) is 19.1 Å². The third-order valence-corrected chi connectivity index (χ3v) is 6.39. The highest BCUT2D eigenvalue weighted by Crippen LogP contribution is 2.26. The summed E-state index contributed by atoms with van der Waals surface area (Å²) in [6.45, 7) is 2.47. The van der Waals surface area contributed by atoms with E-state index in [1.807, 2.05) is 72.2 Å². The Morgan fingerprint density at radius 3 is 2.55 bits per heavy atom. The number of rotatable bonds is 6. The van der Waals surface area contributed by atoms with Crippen molar-refractivity contribution in [2.45, 2.75) is 13.5 Å². The number of hydrogen-bond donors (Lipinski definition) is 1. The molecule has 190 valence electrons. The molecule has 2 aromatic heterocycles. The number of imidazole rings is 2. The number of esters is 1. The number of aromatic nitrogens is 4. The molecule has 2 heterocycles. The number of amidine groups is 1. The van der Waals surface area contributed by atoms with Gasteiger partial charge in [0.15, 0.2) is 5.84 Å². The van der Waals surface area contributed by atoms with Crippen LogP contribution in [0.2, 0.25) is 0 Å². The number of ether oxygens (including phenoxy) is 1. The van der Waals surface area contributed by atoms with Crippen LogP contribution in [0.25, 0.3) is 22.2 Å². The second-order valence-corrected chi connectivity index (χ2v) is 8.81. The molecule has 0 atom stereocenters. The van der Waals surface area contributed by atoms with Crippen LogP contribution in [-0.4, -0.2) is 43.2 Å². The van der Waals surface area contributed by atoms with Crippen molar-refractivity contribution in [2.75, 3.05) is 7.11 Å². The standard InChI is InChI=1S/C28H24N6O3S/c1-18-31-24-9-5-8-23(27(35)36-2)25(24)34(18)16-19-10-12-20(13-11-19)21-6-3-4-7-22(21)26(29)32-37-28(38)33-15-14-30-17-33/h3-15,17H,16H2,1-2H3,(H2,29,32). The second kappa shape index (κ2) is 10.7. The number of carbonyl (C=O) groups excluding carboxylic acids is 1. The molecule has 5 rings (SSSR count). The second-order valence-electron chi connectivity index (χ2n) is 8.46. The van der Waals surface area contributed by atoms with Crippen LogP contribution >= 0.6 is 12.2 Å². The van der Waals surface area contributed by atoms with E-state index in [1.165, 1.54) is 18.0 Å². The van der Waals surface area contributed by atoms with Crippen molar-refractivity contribution in [3.8, 4) is 11.1 Å². The molecule has 0 amide bonds. The molecule has 2 N–H and O–H groups in total. The molecule has 5 aromatic rings. The summed E-state index contributed by atoms with van der Waals surface area (Å²) in [5.74, 6) is 0.615. The Bertz CT molecular complexity index is 1660. The van der Waals surface area contributed by atoms with E-state index >= 15 is 0 Å². The van der Waals surface area contributed by atoms with Crippen LogP contribution < -0.4 is 5.73 Å². The Kier molecular flexibility index (Phi) is 6.96. The molecule has 9 nitrogen and oxygen atoms in total. The summed E-state index contributed by atoms with van der Waals surface area (Å²) in [6, 6.07) is 21.2. The third-order valence-electron chi connectivity index (χ3n) is 6.11. The molecule has 0 unspecified atom stereocenters. The first-order valence-corrected chi connectivity index (χ1v) is 12.1. The lowest BCUT2D eigenvalue weighted by molar-refractivity contribution is 0.0602. The molecule has 0 aliphatic rings. The maximum atomic E-state index is 12.4. The minimum Gasteiger partial charge on any atom is -0.465 e. The van der Waals surface area contributed by atoms with Gasteiger partial charge >= 0.3 is 11.1 Å². The topological polar surface area (TPSA) is 110 Å². The van der Waals surface area contributed by atoms with Gasteiger partial charge in [-0.2, -0.15) is 0 Å². The molecule has 0 saturated carbocycles. The van der Waals surface area contributed by atoms with Gasteiger partial charge in [0.05, 0.1) is 23.7 Å². The molecule has 10 heteroatoms. The van der Waals surface area contributed by atoms with E-state index in [2.05, 4.69) is 15.1 Å². The number of para-hydroxylation sites is 1. The van der Waals surface area contributed by atoms with E-state index in [0.29, 0.717) is 17.7 Å². The zero-order chi connectivity index (χ0) is 26.6. The minimum absolute atomic E-state index is 0.116. The first kappa shape index (κ1) is 24.8. The van der Waals surface area contributed by atoms with Crippen molar-refractivity contribution >= 4 is 40.2 Å². The number of thiocarbonyl (C=S) groups is 1. The van der Waals surface area contributed by atoms with Gasteiger partial charge in [-0.05, 0) is 48.0 Å². The smallest absolute Gasteiger partial charge is 0.340 e. The van der Waals surface area contributed by atoms with Crippen LogP contribution in [0.15, 0.2) is 90.6 Å². The Hall–Kier alpha value is -4.83. The SMILES string of the molecule is COC(=O)c1cccc2nc(C)n(Cc3ccc(-c4ccccc4/C(N)=N/OC(=S)n4ccnc4)cc3)c12. The van der Waals surface area contributed by atoms with Crippen LogP contribution in [0.4, 0.5) is 0 Å². The Labute approximate surface area is 224 Å². The van der Waals surface area contributed by atoms with Gasteiger partial charge < -0.3 is 19.9 Å². The molecule has 0 saturated heterocycles. The fourth-order valence-electron chi connectivity index (χ4n) is 4.25. The number of carbonyl (C=O) groups is 1. The molecule has 38 heavy (non-hydrogen) atoms. The summed E-state index contributed by atoms with van der Waals surface area (Å²) in [6.07, 6.45) is 4.78. The van der Waals surface area contributed by atoms with Crippen molar-refractivity contribution in [3.63, 3.8) is 0 Å². The highest BCUT2D eigenvalue weighted by atomic mass is 32.1. The van der Waals surface area contributed by atoms with Crippen molar-refractivity contribution < 1.29 is 14.4 Å². The molecule has 0 aliphatic heterocycles. The van der Waals surface area contributed by atoms with Gasteiger partial charge in [-0.25, -0.2) is 14.8 Å². The number of nitrogens with zero attached hydrogens (tertiary/aromatic N) is 5. The predicted octanol–water partition coefficient (Wildman–Crippen LogP) is 4.51. The van der Waals surface area contributed by atoms with Crippen LogP contribution in [0.3, 0.4) is 0 Å². The van der Waals surface area contributed by atoms with Gasteiger partial charge in [0.1, 0.15) is 12.2 Å². The van der Waals surface area contributed by atoms with E-state index in [-0.39, 0.29) is 11.0 Å². The number of benzene rings is 3. The zero-order valence-corrected chi connectivity index (χ0v) is 21.6. The molecule has 0 radical (unpaired) electrons. The number of methoxy groups -OCH3 is 1. The van der Waals surface area contributed by atoms with Crippen LogP contribution in [0, 0.1) is 6.92 Å². The van der Waals surface area contributed by atoms with Crippen molar-refractivity contribution in [3.05, 3.63) is 108 Å². The summed E-state index contributed by atoms with van der Waals surface area (Å²) < 4.78 is 8.53. The van der Waals surface area contributed by atoms with E-state index < -0.39 is 5.97 Å². The van der Waals surface area contributed by atoms with E-state index in [1.54, 1.807) is 18.5 Å². The van der Waals surface area contributed by atoms with Gasteiger partial charge in [-0.1, -0.05) is 59.8 Å². The van der Waals surface area contributed by atoms with Gasteiger partial charge in [-0.3, -0.25) is 4.57 Å². The Balaban J connectivity index is 1.41. The summed E-state index contributed by atoms with van der Waals surface area (Å²) in [5.41, 5.74) is 11.9. The normalized spacial score (nSPS) is 11.5. The van der Waals surface area contributed by atoms with Crippen molar-refractivity contribution in [2.24, 2.45) is 10.9 Å². The lowest BCUT2D eigenvalue weighted by atomic mass is 9.98. The van der Waals surface area contributed by atoms with E-state index in [4.69, 9.17) is 27.5 Å². The van der Waals surface area contributed by atoms with E-state index in [9.17, 15) is 4.79 Å². The summed E-state index contributed by atoms with van der Waals surface area (Å²) in [5, 5.41) is 4.14. The molecular formula is C28H24N6O3S. The first-order chi connectivity index (χ1) is 18.5. The summed E-state index contributed by atoms with van der Waals surface area (Å²) >= 11 is 5.20. The Morgan fingerprint density at radius 1 is 1.05 bits per heavy atom. The van der Waals surface area contributed by atoms with Gasteiger partial charge in [0.25, 0.3) is 0 Å². The Morgan fingerprint density at radius 2 is 1.82 bits per heavy atom. The number of nitrogens with two attached hydrogens (primary N) is 1. The zero-order valence-electron chi connectivity index (χ0n) is 20.7. The number of oxime groups is 1. The average molecular weight is 525 g/mol. The van der Waals surface area contributed by atoms with Gasteiger partial charge in [0.2, 0.25) is 0 Å². The molecule has 0 fully saturated rings. The maximum Gasteiger partial charge on any atom is 0.340 e. The van der Waals surface area contributed by atoms with E-state index in [0.717, 1.165) is 33.5 Å². The lowest BCUT2D eigenvalue weighted by Gasteiger charge is -2.12. The molecule has 0 aliphatic carbocycles. The minimum atomic E-state index is -0.391. The highest BCUT2D eigenvalue weighted by Gasteiger charge is 2.17. The largest absolute Gasteiger partial charge is 0.465 e. The molecule has 0 bridgehead atoms. The maximum absolute atomic E-state index is 12.4. The fourth-order valence-corrected chi connectivity index (χ4v) is 4.40. The number of hydrogen-bond acceptors (Lipinski definition) is 7. The predicted molar refractivity (Wildman–Crippen MR) is 149 cm³/mol. The van der Waals surface area contributed by atoms with Gasteiger partial charge in [0, 0.05) is 24.5 Å². The quantitative estimate of drug-likeness (QED) is 0.114. The van der Waals surface area contributed by atoms with Crippen molar-refractivity contribution in [1.29, 1.82) is 0 Å². The molecular weight excluding hydrogens is 500 g/mol. The summed E-state index contributed by atoms with van der Waals surface area (Å²) in [4.78, 5) is 26.3.